The molecule has 0 bridgehead atoms. The van der Waals surface area contributed by atoms with Crippen LogP contribution < -0.4 is 0 Å². The zero-order chi connectivity index (χ0) is 21.7. The number of nitrogens with zero attached hydrogens (tertiary/aromatic N) is 4. The van der Waals surface area contributed by atoms with Gasteiger partial charge in [0, 0.05) is 16.8 Å². The van der Waals surface area contributed by atoms with Gasteiger partial charge in [-0.3, -0.25) is 4.79 Å². The maximum absolute atomic E-state index is 12.9. The molecule has 0 amide bonds. The Hall–Kier alpha value is -3.06. The van der Waals surface area contributed by atoms with Crippen LogP contribution in [0.2, 0.25) is 0 Å². The van der Waals surface area contributed by atoms with E-state index >= 15 is 0 Å². The molecular formula is C24H21BrN4O2. The van der Waals surface area contributed by atoms with Gasteiger partial charge in [-0.15, -0.1) is 10.2 Å². The highest BCUT2D eigenvalue weighted by molar-refractivity contribution is 9.10. The molecule has 0 spiro atoms. The Labute approximate surface area is 188 Å². The molecule has 0 fully saturated rings. The first kappa shape index (κ1) is 19.9. The summed E-state index contributed by atoms with van der Waals surface area (Å²) in [6, 6.07) is 15.2. The van der Waals surface area contributed by atoms with Crippen LogP contribution in [0.25, 0.3) is 16.8 Å². The van der Waals surface area contributed by atoms with E-state index in [1.165, 1.54) is 0 Å². The Balaban J connectivity index is 1.71. The lowest BCUT2D eigenvalue weighted by atomic mass is 9.83. The van der Waals surface area contributed by atoms with Gasteiger partial charge in [0.1, 0.15) is 5.75 Å². The van der Waals surface area contributed by atoms with Crippen molar-refractivity contribution in [2.75, 3.05) is 0 Å². The SMILES string of the molecule is CC(C)c1nn2c3c(nnc2c1-c1ccc(Br)cc1)C(=O)CC(c1ccccc1O)C3. The molecule has 4 aromatic rings. The van der Waals surface area contributed by atoms with Gasteiger partial charge in [0.15, 0.2) is 17.1 Å². The van der Waals surface area contributed by atoms with E-state index in [1.807, 2.05) is 36.4 Å². The fraction of sp³-hybridized carbons (Fsp3) is 0.250. The second-order valence-corrected chi connectivity index (χ2v) is 9.16. The molecule has 6 nitrogen and oxygen atoms in total. The highest BCUT2D eigenvalue weighted by Crippen LogP contribution is 2.38. The van der Waals surface area contributed by atoms with Crippen LogP contribution in [0, 0.1) is 0 Å². The van der Waals surface area contributed by atoms with Crippen molar-refractivity contribution in [2.45, 2.75) is 38.5 Å². The van der Waals surface area contributed by atoms with Crippen molar-refractivity contribution in [3.63, 3.8) is 0 Å². The quantitative estimate of drug-likeness (QED) is 0.434. The van der Waals surface area contributed by atoms with Crippen LogP contribution in [0.5, 0.6) is 5.75 Å². The molecule has 1 N–H and O–H groups in total. The smallest absolute Gasteiger partial charge is 0.185 e. The monoisotopic (exact) mass is 476 g/mol. The van der Waals surface area contributed by atoms with E-state index in [4.69, 9.17) is 5.10 Å². The number of para-hydroxylation sites is 1. The number of hydrogen-bond donors (Lipinski definition) is 1. The normalized spacial score (nSPS) is 16.1. The van der Waals surface area contributed by atoms with Gasteiger partial charge in [-0.1, -0.05) is 60.1 Å². The number of ketones is 1. The zero-order valence-corrected chi connectivity index (χ0v) is 18.8. The van der Waals surface area contributed by atoms with Crippen molar-refractivity contribution in [3.8, 4) is 16.9 Å². The Morgan fingerprint density at radius 2 is 1.81 bits per heavy atom. The van der Waals surface area contributed by atoms with Crippen LogP contribution >= 0.6 is 15.9 Å². The summed E-state index contributed by atoms with van der Waals surface area (Å²) in [6.07, 6.45) is 0.853. The molecule has 1 atom stereocenters. The second-order valence-electron chi connectivity index (χ2n) is 8.24. The maximum Gasteiger partial charge on any atom is 0.185 e. The Morgan fingerprint density at radius 3 is 2.52 bits per heavy atom. The van der Waals surface area contributed by atoms with Crippen LogP contribution in [-0.2, 0) is 6.42 Å². The number of carbonyl (C=O) groups is 1. The number of halogens is 1. The molecule has 156 valence electrons. The topological polar surface area (TPSA) is 80.4 Å². The van der Waals surface area contributed by atoms with E-state index in [0.717, 1.165) is 32.6 Å². The summed E-state index contributed by atoms with van der Waals surface area (Å²) in [6.45, 7) is 4.19. The lowest BCUT2D eigenvalue weighted by Gasteiger charge is -2.23. The maximum atomic E-state index is 12.9. The first-order chi connectivity index (χ1) is 14.9. The number of phenolic OH excluding ortho intramolecular Hbond substituents is 1. The predicted octanol–water partition coefficient (Wildman–Crippen LogP) is 5.30. The summed E-state index contributed by atoms with van der Waals surface area (Å²) >= 11 is 3.49. The predicted molar refractivity (Wildman–Crippen MR) is 122 cm³/mol. The lowest BCUT2D eigenvalue weighted by molar-refractivity contribution is 0.0955. The molecular weight excluding hydrogens is 456 g/mol. The molecule has 7 heteroatoms. The highest BCUT2D eigenvalue weighted by atomic mass is 79.9. The van der Waals surface area contributed by atoms with Gasteiger partial charge in [-0.05, 0) is 41.7 Å². The van der Waals surface area contributed by atoms with Gasteiger partial charge in [0.05, 0.1) is 17.0 Å². The summed E-state index contributed by atoms with van der Waals surface area (Å²) in [5, 5.41) is 24.0. The van der Waals surface area contributed by atoms with Crippen molar-refractivity contribution >= 4 is 27.4 Å². The summed E-state index contributed by atoms with van der Waals surface area (Å²) in [7, 11) is 0. The van der Waals surface area contributed by atoms with Crippen LogP contribution in [-0.4, -0.2) is 30.7 Å². The van der Waals surface area contributed by atoms with E-state index in [1.54, 1.807) is 16.6 Å². The van der Waals surface area contributed by atoms with E-state index in [2.05, 4.69) is 40.0 Å². The van der Waals surface area contributed by atoms with E-state index < -0.39 is 0 Å². The second kappa shape index (κ2) is 7.57. The Bertz CT molecular complexity index is 1310. The number of carbonyl (C=O) groups excluding carboxylic acids is 1. The molecule has 31 heavy (non-hydrogen) atoms. The third-order valence-electron chi connectivity index (χ3n) is 5.85. The zero-order valence-electron chi connectivity index (χ0n) is 17.2. The number of fused-ring (bicyclic) bond motifs is 3. The average Bonchev–Trinajstić information content (AvgIpc) is 3.15. The Kier molecular flexibility index (Phi) is 4.85. The van der Waals surface area contributed by atoms with Crippen molar-refractivity contribution in [1.82, 2.24) is 19.8 Å². The minimum Gasteiger partial charge on any atom is -0.508 e. The number of hydrogen-bond acceptors (Lipinski definition) is 5. The number of Topliss-reactive ketones (excluding diaryl/α,β-unsaturated/α-hetero) is 1. The first-order valence-corrected chi connectivity index (χ1v) is 11.1. The van der Waals surface area contributed by atoms with E-state index in [0.29, 0.717) is 24.2 Å². The molecule has 1 unspecified atom stereocenters. The molecule has 0 radical (unpaired) electrons. The number of phenols is 1. The van der Waals surface area contributed by atoms with Crippen molar-refractivity contribution < 1.29 is 9.90 Å². The summed E-state index contributed by atoms with van der Waals surface area (Å²) in [4.78, 5) is 12.9. The van der Waals surface area contributed by atoms with Crippen molar-refractivity contribution in [1.29, 1.82) is 0 Å². The van der Waals surface area contributed by atoms with Crippen molar-refractivity contribution in [2.24, 2.45) is 0 Å². The van der Waals surface area contributed by atoms with Gasteiger partial charge in [0.2, 0.25) is 0 Å². The number of aromatic hydroxyl groups is 1. The summed E-state index contributed by atoms with van der Waals surface area (Å²) in [5.41, 5.74) is 5.41. The highest BCUT2D eigenvalue weighted by Gasteiger charge is 2.33. The molecule has 0 saturated carbocycles. The summed E-state index contributed by atoms with van der Waals surface area (Å²) in [5.74, 6) is 0.178. The lowest BCUT2D eigenvalue weighted by Crippen LogP contribution is -2.24. The van der Waals surface area contributed by atoms with Crippen LogP contribution in [0.3, 0.4) is 0 Å². The average molecular weight is 477 g/mol. The third kappa shape index (κ3) is 3.33. The fourth-order valence-electron chi connectivity index (χ4n) is 4.34. The van der Waals surface area contributed by atoms with Crippen LogP contribution in [0.15, 0.2) is 53.0 Å². The van der Waals surface area contributed by atoms with Gasteiger partial charge in [-0.25, -0.2) is 4.52 Å². The van der Waals surface area contributed by atoms with Crippen LogP contribution in [0.1, 0.15) is 59.5 Å². The fourth-order valence-corrected chi connectivity index (χ4v) is 4.60. The minimum absolute atomic E-state index is 0.0734. The molecule has 2 heterocycles. The molecule has 1 aliphatic rings. The summed E-state index contributed by atoms with van der Waals surface area (Å²) < 4.78 is 2.79. The van der Waals surface area contributed by atoms with Gasteiger partial charge >= 0.3 is 0 Å². The number of aromatic nitrogens is 4. The van der Waals surface area contributed by atoms with E-state index in [9.17, 15) is 9.90 Å². The third-order valence-corrected chi connectivity index (χ3v) is 6.38. The van der Waals surface area contributed by atoms with E-state index in [-0.39, 0.29) is 23.4 Å². The van der Waals surface area contributed by atoms with Gasteiger partial charge in [-0.2, -0.15) is 5.10 Å². The molecule has 1 aliphatic carbocycles. The number of rotatable bonds is 3. The molecule has 0 aliphatic heterocycles. The molecule has 5 rings (SSSR count). The first-order valence-electron chi connectivity index (χ1n) is 10.3. The molecule has 2 aromatic carbocycles. The molecule has 2 aromatic heterocycles. The Morgan fingerprint density at radius 1 is 1.06 bits per heavy atom. The number of benzene rings is 2. The van der Waals surface area contributed by atoms with Gasteiger partial charge < -0.3 is 5.11 Å². The van der Waals surface area contributed by atoms with Crippen molar-refractivity contribution in [3.05, 3.63) is 75.6 Å². The standard InChI is InChI=1S/C24H21BrN4O2/c1-13(2)22-21(14-7-9-16(25)10-8-14)24-27-26-23-18(29(24)28-22)11-15(12-20(23)31)17-5-3-4-6-19(17)30/h3-10,13,15,30H,11-12H2,1-2H3. The minimum atomic E-state index is -0.128. The van der Waals surface area contributed by atoms with Crippen LogP contribution in [0.4, 0.5) is 0 Å². The molecule has 0 saturated heterocycles. The largest absolute Gasteiger partial charge is 0.508 e. The van der Waals surface area contributed by atoms with Gasteiger partial charge in [0.25, 0.3) is 0 Å².